The molecule has 2 aromatic heterocycles. The Bertz CT molecular complexity index is 1530. The van der Waals surface area contributed by atoms with Crippen LogP contribution >= 0.6 is 0 Å². The molecule has 4 aromatic rings. The number of carbonyl (C=O) groups excluding carboxylic acids is 1. The number of hydrogen-bond donors (Lipinski definition) is 3. The molecule has 186 valence electrons. The van der Waals surface area contributed by atoms with Gasteiger partial charge in [-0.1, -0.05) is 42.3 Å². The number of rotatable bonds is 3. The molecule has 0 spiro atoms. The first-order valence-corrected chi connectivity index (χ1v) is 12.2. The maximum atomic E-state index is 13.1. The predicted octanol–water partition coefficient (Wildman–Crippen LogP) is 3.17. The van der Waals surface area contributed by atoms with Crippen molar-refractivity contribution < 1.29 is 9.63 Å². The molecule has 0 saturated carbocycles. The minimum atomic E-state index is -0.321. The van der Waals surface area contributed by atoms with Crippen molar-refractivity contribution in [3.8, 4) is 11.8 Å². The average Bonchev–Trinajstić information content (AvgIpc) is 3.50. The first-order valence-electron chi connectivity index (χ1n) is 12.2. The number of nitrogens with one attached hydrogen (secondary N) is 2. The van der Waals surface area contributed by atoms with E-state index in [1.165, 1.54) is 11.4 Å². The second-order valence-corrected chi connectivity index (χ2v) is 9.15. The number of hydroxylamine groups is 2. The topological polar surface area (TPSA) is 123 Å². The smallest absolute Gasteiger partial charge is 0.346 e. The number of hydrogen-bond acceptors (Lipinski definition) is 7. The Hall–Kier alpha value is -4.46. The van der Waals surface area contributed by atoms with E-state index in [1.54, 1.807) is 0 Å². The summed E-state index contributed by atoms with van der Waals surface area (Å²) >= 11 is 0. The highest BCUT2D eigenvalue weighted by Gasteiger charge is 2.32. The van der Waals surface area contributed by atoms with Crippen molar-refractivity contribution in [2.45, 2.75) is 25.4 Å². The summed E-state index contributed by atoms with van der Waals surface area (Å²) in [5, 5.41) is 13.0. The first kappa shape index (κ1) is 23.0. The predicted molar refractivity (Wildman–Crippen MR) is 139 cm³/mol. The summed E-state index contributed by atoms with van der Waals surface area (Å²) in [5.74, 6) is 6.72. The molecule has 4 heterocycles. The van der Waals surface area contributed by atoms with Crippen LogP contribution in [0.2, 0.25) is 0 Å². The second-order valence-electron chi connectivity index (χ2n) is 9.15. The summed E-state index contributed by atoms with van der Waals surface area (Å²) in [6.07, 6.45) is 2.19. The van der Waals surface area contributed by atoms with Crippen LogP contribution in [0.15, 0.2) is 54.9 Å². The van der Waals surface area contributed by atoms with Crippen LogP contribution in [0.1, 0.15) is 40.9 Å². The lowest BCUT2D eigenvalue weighted by Gasteiger charge is -2.27. The van der Waals surface area contributed by atoms with Gasteiger partial charge in [0.15, 0.2) is 5.65 Å². The molecule has 1 atom stereocenters. The van der Waals surface area contributed by atoms with E-state index < -0.39 is 0 Å². The van der Waals surface area contributed by atoms with Gasteiger partial charge in [-0.2, -0.15) is 10.2 Å². The number of benzene rings is 2. The minimum absolute atomic E-state index is 0.132. The van der Waals surface area contributed by atoms with Crippen molar-refractivity contribution in [2.75, 3.05) is 30.7 Å². The molecule has 2 aliphatic heterocycles. The van der Waals surface area contributed by atoms with Crippen molar-refractivity contribution in [3.63, 3.8) is 0 Å². The lowest BCUT2D eigenvalue weighted by Crippen LogP contribution is -2.43. The van der Waals surface area contributed by atoms with Crippen LogP contribution in [-0.4, -0.2) is 50.5 Å². The van der Waals surface area contributed by atoms with Crippen LogP contribution < -0.4 is 16.4 Å². The third kappa shape index (κ3) is 4.35. The fourth-order valence-electron chi connectivity index (χ4n) is 4.57. The zero-order chi connectivity index (χ0) is 25.4. The van der Waals surface area contributed by atoms with E-state index in [0.29, 0.717) is 34.8 Å². The highest BCUT2D eigenvalue weighted by Crippen LogP contribution is 2.31. The molecule has 10 nitrogen and oxygen atoms in total. The zero-order valence-corrected chi connectivity index (χ0v) is 20.3. The lowest BCUT2D eigenvalue weighted by atomic mass is 10.1. The first-order chi connectivity index (χ1) is 18.1. The summed E-state index contributed by atoms with van der Waals surface area (Å²) in [5.41, 5.74) is 10.8. The van der Waals surface area contributed by atoms with E-state index >= 15 is 0 Å². The number of fused-ring (bicyclic) bond motifs is 1. The molecule has 6 rings (SSSR count). The summed E-state index contributed by atoms with van der Waals surface area (Å²) in [4.78, 5) is 27.3. The molecule has 10 heteroatoms. The molecule has 37 heavy (non-hydrogen) atoms. The molecule has 2 saturated heterocycles. The number of aromatic nitrogens is 4. The van der Waals surface area contributed by atoms with E-state index in [9.17, 15) is 4.79 Å². The Kier molecular flexibility index (Phi) is 5.92. The number of nitrogen functional groups attached to an aromatic ring is 1. The molecular formula is C27H26N8O2. The quantitative estimate of drug-likeness (QED) is 0.374. The fourth-order valence-corrected chi connectivity index (χ4v) is 4.57. The standard InChI is InChI=1S/C27H26N8O2/c1-17-7-9-20(32-27(36)35-23(11-12-37-35)18-5-3-2-4-6-18)13-19(17)8-10-22-24-25(28)30-16-31-26(24)34(33-22)21-14-29-15-21/h2-7,9,13,16,21,23,29H,11-12,14-15H2,1H3,(H,32,36)(H2,28,30,31)/t23-/m1/s1. The van der Waals surface area contributed by atoms with Gasteiger partial charge in [0.2, 0.25) is 0 Å². The molecule has 0 unspecified atom stereocenters. The van der Waals surface area contributed by atoms with Crippen molar-refractivity contribution in [1.29, 1.82) is 0 Å². The monoisotopic (exact) mass is 494 g/mol. The maximum Gasteiger partial charge on any atom is 0.346 e. The molecule has 2 amide bonds. The average molecular weight is 495 g/mol. The van der Waals surface area contributed by atoms with Crippen LogP contribution in [0.3, 0.4) is 0 Å². The third-order valence-corrected chi connectivity index (χ3v) is 6.72. The Labute approximate surface area is 213 Å². The molecule has 4 N–H and O–H groups in total. The van der Waals surface area contributed by atoms with E-state index in [0.717, 1.165) is 36.2 Å². The highest BCUT2D eigenvalue weighted by molar-refractivity contribution is 5.91. The molecule has 0 bridgehead atoms. The van der Waals surface area contributed by atoms with Gasteiger partial charge in [0.25, 0.3) is 0 Å². The lowest BCUT2D eigenvalue weighted by molar-refractivity contribution is -0.0829. The van der Waals surface area contributed by atoms with Crippen LogP contribution in [0.4, 0.5) is 16.3 Å². The van der Waals surface area contributed by atoms with Gasteiger partial charge >= 0.3 is 6.03 Å². The van der Waals surface area contributed by atoms with Crippen LogP contribution in [-0.2, 0) is 4.84 Å². The van der Waals surface area contributed by atoms with Crippen molar-refractivity contribution >= 4 is 28.6 Å². The van der Waals surface area contributed by atoms with Gasteiger partial charge in [0.1, 0.15) is 17.8 Å². The van der Waals surface area contributed by atoms with E-state index in [4.69, 9.17) is 15.7 Å². The number of amides is 2. The number of urea groups is 1. The summed E-state index contributed by atoms with van der Waals surface area (Å²) in [6.45, 7) is 4.10. The van der Waals surface area contributed by atoms with Crippen LogP contribution in [0, 0.1) is 18.8 Å². The molecule has 0 radical (unpaired) electrons. The van der Waals surface area contributed by atoms with E-state index in [1.807, 2.05) is 60.1 Å². The van der Waals surface area contributed by atoms with Crippen molar-refractivity contribution in [2.24, 2.45) is 0 Å². The molecule has 0 aliphatic carbocycles. The van der Waals surface area contributed by atoms with Crippen molar-refractivity contribution in [1.82, 2.24) is 30.1 Å². The van der Waals surface area contributed by atoms with Gasteiger partial charge < -0.3 is 16.4 Å². The highest BCUT2D eigenvalue weighted by atomic mass is 16.7. The van der Waals surface area contributed by atoms with Crippen LogP contribution in [0.5, 0.6) is 0 Å². The van der Waals surface area contributed by atoms with Gasteiger partial charge in [-0.25, -0.2) is 19.4 Å². The van der Waals surface area contributed by atoms with E-state index in [-0.39, 0.29) is 18.1 Å². The molecule has 2 aromatic carbocycles. The zero-order valence-electron chi connectivity index (χ0n) is 20.3. The van der Waals surface area contributed by atoms with Crippen molar-refractivity contribution in [3.05, 3.63) is 77.2 Å². The molecule has 2 aliphatic rings. The maximum absolute atomic E-state index is 13.1. The fraction of sp³-hybridized carbons (Fsp3) is 0.259. The van der Waals surface area contributed by atoms with Gasteiger partial charge in [0, 0.05) is 30.8 Å². The Balaban J connectivity index is 1.26. The molecular weight excluding hydrogens is 468 g/mol. The van der Waals surface area contributed by atoms with Gasteiger partial charge in [-0.15, -0.1) is 0 Å². The minimum Gasteiger partial charge on any atom is -0.383 e. The number of nitrogens with zero attached hydrogens (tertiary/aromatic N) is 5. The van der Waals surface area contributed by atoms with Crippen LogP contribution in [0.25, 0.3) is 11.0 Å². The number of carbonyl (C=O) groups is 1. The summed E-state index contributed by atoms with van der Waals surface area (Å²) in [6, 6.07) is 15.3. The SMILES string of the molecule is Cc1ccc(NC(=O)N2OCC[C@@H]2c2ccccc2)cc1C#Cc1nn(C2CNC2)c2ncnc(N)c12. The van der Waals surface area contributed by atoms with Gasteiger partial charge in [0.05, 0.1) is 24.1 Å². The third-order valence-electron chi connectivity index (χ3n) is 6.72. The number of anilines is 2. The number of nitrogens with two attached hydrogens (primary N) is 1. The molecule has 2 fully saturated rings. The largest absolute Gasteiger partial charge is 0.383 e. The Morgan fingerprint density at radius 1 is 1.16 bits per heavy atom. The number of aryl methyl sites for hydroxylation is 1. The normalized spacial score (nSPS) is 17.3. The second kappa shape index (κ2) is 9.54. The Morgan fingerprint density at radius 3 is 2.78 bits per heavy atom. The van der Waals surface area contributed by atoms with E-state index in [2.05, 4.69) is 32.4 Å². The Morgan fingerprint density at radius 2 is 2.00 bits per heavy atom. The summed E-state index contributed by atoms with van der Waals surface area (Å²) < 4.78 is 1.87. The van der Waals surface area contributed by atoms with Gasteiger partial charge in [-0.05, 0) is 36.1 Å². The summed E-state index contributed by atoms with van der Waals surface area (Å²) in [7, 11) is 0. The van der Waals surface area contributed by atoms with Gasteiger partial charge in [-0.3, -0.25) is 4.84 Å².